The van der Waals surface area contributed by atoms with E-state index in [4.69, 9.17) is 0 Å². The summed E-state index contributed by atoms with van der Waals surface area (Å²) in [6.45, 7) is 0. The molecular weight excluding hydrogens is 295 g/mol. The standard InChI is InChI=1S/Ag.Al.Cu.Li.Mg.Zn.6H. The van der Waals surface area contributed by atoms with Crippen LogP contribution in [0.25, 0.3) is 0 Å². The van der Waals surface area contributed by atoms with Crippen molar-refractivity contribution >= 4 is 59.3 Å². The van der Waals surface area contributed by atoms with Crippen LogP contribution in [-0.2, 0) is 58.9 Å². The molecule has 0 atom stereocenters. The molecule has 6 heavy (non-hydrogen) atoms. The van der Waals surface area contributed by atoms with Crippen LogP contribution in [-0.4, -0.2) is 59.3 Å². The molecule has 0 bridgehead atoms. The molecule has 0 fully saturated rings. The zero-order chi connectivity index (χ0) is 0. The molecule has 6 heteroatoms. The van der Waals surface area contributed by atoms with Crippen molar-refractivity contribution in [2.45, 2.75) is 0 Å². The summed E-state index contributed by atoms with van der Waals surface area (Å²) in [5.74, 6) is 0. The molecule has 36 valence electrons. The fraction of sp³-hybridized carbons (Fsp3) is 0. The van der Waals surface area contributed by atoms with Crippen molar-refractivity contribution in [3.8, 4) is 0 Å². The zero-order valence-electron chi connectivity index (χ0n) is 1.31. The quantitative estimate of drug-likeness (QED) is 0.426. The van der Waals surface area contributed by atoms with Gasteiger partial charge in [0.15, 0.2) is 17.4 Å². The molecule has 0 aliphatic heterocycles. The molecule has 0 amide bonds. The largest absolute Gasteiger partial charge is 0.316 e. The molecule has 0 unspecified atom stereocenters. The molecule has 0 aliphatic carbocycles. The van der Waals surface area contributed by atoms with E-state index in [-0.39, 0.29) is 118 Å². The Morgan fingerprint density at radius 1 is 1.00 bits per heavy atom. The summed E-state index contributed by atoms with van der Waals surface area (Å²) in [4.78, 5) is 0. The SMILES string of the molecule is [Ag].[AlH3].[Cu].[LiH].[MgH2].[Zn]. The maximum atomic E-state index is 0. The molecule has 0 rings (SSSR count). The second-order valence-corrected chi connectivity index (χ2v) is 0. The van der Waals surface area contributed by atoms with Gasteiger partial charge in [0.2, 0.25) is 0 Å². The molecule has 0 aliphatic rings. The van der Waals surface area contributed by atoms with Gasteiger partial charge in [-0.2, -0.15) is 0 Å². The predicted octanol–water partition coefficient (Wildman–Crippen LogP) is -2.76. The van der Waals surface area contributed by atoms with Crippen LogP contribution in [0.4, 0.5) is 0 Å². The van der Waals surface area contributed by atoms with Crippen LogP contribution in [0.15, 0.2) is 0 Å². The van der Waals surface area contributed by atoms with Crippen LogP contribution in [0.3, 0.4) is 0 Å². The first-order valence-electron chi connectivity index (χ1n) is 0. The first kappa shape index (κ1) is 52.8. The average Bonchev–Trinajstić information content (AvgIpc) is 0. The second-order valence-electron chi connectivity index (χ2n) is 0. The molecular formula is H6AgAlCuLiMgZn. The van der Waals surface area contributed by atoms with Gasteiger partial charge < -0.3 is 0 Å². The van der Waals surface area contributed by atoms with E-state index in [2.05, 4.69) is 0 Å². The second kappa shape index (κ2) is 37.2. The fourth-order valence-electron chi connectivity index (χ4n) is 0. The first-order valence-corrected chi connectivity index (χ1v) is 0. The average molecular weight is 301 g/mol. The summed E-state index contributed by atoms with van der Waals surface area (Å²) >= 11 is 0. The predicted molar refractivity (Wildman–Crippen MR) is 25.6 cm³/mol. The van der Waals surface area contributed by atoms with Crippen molar-refractivity contribution in [3.63, 3.8) is 0 Å². The van der Waals surface area contributed by atoms with Crippen LogP contribution in [0.5, 0.6) is 0 Å². The number of rotatable bonds is 0. The molecule has 0 nitrogen and oxygen atoms in total. The van der Waals surface area contributed by atoms with E-state index in [9.17, 15) is 0 Å². The molecule has 0 saturated heterocycles. The molecule has 0 aromatic rings. The van der Waals surface area contributed by atoms with E-state index in [0.717, 1.165) is 0 Å². The van der Waals surface area contributed by atoms with Gasteiger partial charge in [0, 0.05) is 58.9 Å². The summed E-state index contributed by atoms with van der Waals surface area (Å²) in [5.41, 5.74) is 0. The maximum Gasteiger partial charge on any atom is 0.316 e. The molecule has 0 aromatic heterocycles. The van der Waals surface area contributed by atoms with E-state index in [0.29, 0.717) is 0 Å². The fourth-order valence-corrected chi connectivity index (χ4v) is 0. The van der Waals surface area contributed by atoms with Crippen LogP contribution >= 0.6 is 0 Å². The van der Waals surface area contributed by atoms with E-state index < -0.39 is 0 Å². The van der Waals surface area contributed by atoms with Gasteiger partial charge >= 0.3 is 41.9 Å². The van der Waals surface area contributed by atoms with Gasteiger partial charge in [-0.15, -0.1) is 0 Å². The molecule has 2 radical (unpaired) electrons. The maximum absolute atomic E-state index is 0. The Bertz CT molecular complexity index is 15.5. The van der Waals surface area contributed by atoms with Crippen LogP contribution in [0.1, 0.15) is 0 Å². The van der Waals surface area contributed by atoms with Crippen molar-refractivity contribution in [1.29, 1.82) is 0 Å². The van der Waals surface area contributed by atoms with Gasteiger partial charge in [0.05, 0.1) is 0 Å². The Balaban J connectivity index is 0. The number of hydrogen-bond donors (Lipinski definition) is 0. The first-order chi connectivity index (χ1) is 0. The Hall–Kier alpha value is 3.78. The van der Waals surface area contributed by atoms with Gasteiger partial charge in [-0.3, -0.25) is 0 Å². The van der Waals surface area contributed by atoms with Gasteiger partial charge in [-0.25, -0.2) is 0 Å². The molecule has 0 aromatic carbocycles. The Labute approximate surface area is 116 Å². The Kier molecular flexibility index (Phi) is 327. The van der Waals surface area contributed by atoms with E-state index in [1.807, 2.05) is 0 Å². The third-order valence-corrected chi connectivity index (χ3v) is 0. The van der Waals surface area contributed by atoms with Crippen molar-refractivity contribution < 1.29 is 58.9 Å². The molecule has 0 heterocycles. The normalized spacial score (nSPS) is 0. The van der Waals surface area contributed by atoms with Gasteiger partial charge in [0.1, 0.15) is 0 Å². The van der Waals surface area contributed by atoms with Crippen molar-refractivity contribution in [2.75, 3.05) is 0 Å². The smallest absolute Gasteiger partial charge is 0 e. The van der Waals surface area contributed by atoms with Crippen molar-refractivity contribution in [1.82, 2.24) is 0 Å². The van der Waals surface area contributed by atoms with Gasteiger partial charge in [0.25, 0.3) is 0 Å². The summed E-state index contributed by atoms with van der Waals surface area (Å²) in [7, 11) is 0. The Morgan fingerprint density at radius 3 is 1.00 bits per heavy atom. The zero-order valence-corrected chi connectivity index (χ0v) is 6.70. The van der Waals surface area contributed by atoms with Gasteiger partial charge in [-0.1, -0.05) is 0 Å². The summed E-state index contributed by atoms with van der Waals surface area (Å²) in [5, 5.41) is 0. The van der Waals surface area contributed by atoms with Gasteiger partial charge in [-0.05, 0) is 0 Å². The third-order valence-electron chi connectivity index (χ3n) is 0. The third kappa shape index (κ3) is 25.0. The Morgan fingerprint density at radius 2 is 1.00 bits per heavy atom. The van der Waals surface area contributed by atoms with Crippen LogP contribution < -0.4 is 0 Å². The summed E-state index contributed by atoms with van der Waals surface area (Å²) in [6.07, 6.45) is 0. The number of hydrogen-bond acceptors (Lipinski definition) is 0. The van der Waals surface area contributed by atoms with E-state index >= 15 is 0 Å². The summed E-state index contributed by atoms with van der Waals surface area (Å²) in [6, 6.07) is 0. The van der Waals surface area contributed by atoms with Crippen LogP contribution in [0, 0.1) is 0 Å². The molecule has 0 spiro atoms. The minimum Gasteiger partial charge on any atom is 0 e. The minimum absolute atomic E-state index is 0. The minimum atomic E-state index is 0. The monoisotopic (exact) mass is 298 g/mol. The summed E-state index contributed by atoms with van der Waals surface area (Å²) < 4.78 is 0. The van der Waals surface area contributed by atoms with Crippen molar-refractivity contribution in [2.24, 2.45) is 0 Å². The van der Waals surface area contributed by atoms with E-state index in [1.54, 1.807) is 0 Å². The topological polar surface area (TPSA) is 0 Å². The van der Waals surface area contributed by atoms with Crippen LogP contribution in [0.2, 0.25) is 0 Å². The molecule has 0 N–H and O–H groups in total. The van der Waals surface area contributed by atoms with E-state index in [1.165, 1.54) is 0 Å². The molecule has 0 saturated carbocycles. The van der Waals surface area contributed by atoms with Crippen molar-refractivity contribution in [3.05, 3.63) is 0 Å².